The molecule has 0 aromatic heterocycles. The van der Waals surface area contributed by atoms with Crippen LogP contribution in [0.3, 0.4) is 0 Å². The lowest BCUT2D eigenvalue weighted by Crippen LogP contribution is -2.36. The van der Waals surface area contributed by atoms with Crippen molar-refractivity contribution in [2.24, 2.45) is 0 Å². The second-order valence-electron chi connectivity index (χ2n) is 18.5. The summed E-state index contributed by atoms with van der Waals surface area (Å²) in [6.07, 6.45) is 0. The maximum absolute atomic E-state index is 2.51. The van der Waals surface area contributed by atoms with Gasteiger partial charge in [-0.1, -0.05) is 190 Å². The molecule has 1 aliphatic heterocycles. The van der Waals surface area contributed by atoms with Crippen molar-refractivity contribution in [1.82, 2.24) is 0 Å². The first kappa shape index (κ1) is 38.3. The van der Waals surface area contributed by atoms with Gasteiger partial charge in [0.15, 0.2) is 0 Å². The molecule has 0 amide bonds. The minimum atomic E-state index is -0.568. The van der Waals surface area contributed by atoms with Gasteiger partial charge < -0.3 is 9.80 Å². The van der Waals surface area contributed by atoms with Crippen LogP contribution < -0.4 is 9.80 Å². The van der Waals surface area contributed by atoms with Gasteiger partial charge in [-0.15, -0.1) is 0 Å². The highest BCUT2D eigenvalue weighted by Crippen LogP contribution is 2.64. The van der Waals surface area contributed by atoms with Crippen LogP contribution in [0, 0.1) is 0 Å². The molecule has 0 saturated carbocycles. The highest BCUT2D eigenvalue weighted by Gasteiger charge is 2.52. The van der Waals surface area contributed by atoms with Gasteiger partial charge in [-0.2, -0.15) is 0 Å². The molecule has 13 rings (SSSR count). The van der Waals surface area contributed by atoms with Crippen LogP contribution in [-0.2, 0) is 10.8 Å². The Labute approximate surface area is 387 Å². The van der Waals surface area contributed by atoms with Crippen LogP contribution in [-0.4, -0.2) is 0 Å². The number of benzene rings is 10. The molecule has 2 nitrogen and oxygen atoms in total. The van der Waals surface area contributed by atoms with E-state index in [0.717, 1.165) is 22.7 Å². The van der Waals surface area contributed by atoms with Crippen molar-refractivity contribution in [2.45, 2.75) is 24.7 Å². The second kappa shape index (κ2) is 14.7. The van der Waals surface area contributed by atoms with E-state index in [0.29, 0.717) is 0 Å². The molecule has 2 aliphatic carbocycles. The molecule has 10 aromatic carbocycles. The summed E-state index contributed by atoms with van der Waals surface area (Å²) < 4.78 is 0. The fourth-order valence-corrected chi connectivity index (χ4v) is 11.6. The lowest BCUT2D eigenvalue weighted by molar-refractivity contribution is 0.660. The predicted molar refractivity (Wildman–Crippen MR) is 275 cm³/mol. The molecule has 3 aliphatic rings. The molecule has 0 unspecified atom stereocenters. The molecule has 0 atom stereocenters. The lowest BCUT2D eigenvalue weighted by atomic mass is 9.64. The van der Waals surface area contributed by atoms with Gasteiger partial charge in [-0.05, 0) is 145 Å². The second-order valence-corrected chi connectivity index (χ2v) is 18.5. The van der Waals surface area contributed by atoms with Crippen LogP contribution in [0.4, 0.5) is 34.1 Å². The molecule has 0 saturated heterocycles. The molecule has 312 valence electrons. The summed E-state index contributed by atoms with van der Waals surface area (Å²) in [6.45, 7) is 4.78. The van der Waals surface area contributed by atoms with Gasteiger partial charge in [0.05, 0.1) is 16.8 Å². The monoisotopic (exact) mass is 842 g/mol. The fraction of sp³-hybridized carbons (Fsp3) is 0.0625. The zero-order chi connectivity index (χ0) is 44.0. The van der Waals surface area contributed by atoms with Gasteiger partial charge in [0.1, 0.15) is 0 Å². The quantitative estimate of drug-likeness (QED) is 0.165. The van der Waals surface area contributed by atoms with E-state index in [-0.39, 0.29) is 5.41 Å². The summed E-state index contributed by atoms with van der Waals surface area (Å²) in [4.78, 5) is 4.94. The standard InChI is InChI=1S/C64H46N2/c1-63(2)58-40-46(44-20-8-4-9-21-44)32-37-52(58)53-38-35-49(41-59(53)63)65(48-33-30-45(31-34-48)43-18-6-3-7-19-43)50-36-39-54-51-24-12-13-25-55(51)64(60(54)42-50)56-26-14-16-28-61(56)66(47-22-10-5-11-23-47)62-29-17-15-27-57(62)64/h3-42H,1-2H3. The van der Waals surface area contributed by atoms with Crippen molar-refractivity contribution in [1.29, 1.82) is 0 Å². The smallest absolute Gasteiger partial charge is 0.0755 e. The van der Waals surface area contributed by atoms with Crippen LogP contribution >= 0.6 is 0 Å². The Morgan fingerprint density at radius 3 is 1.33 bits per heavy atom. The summed E-state index contributed by atoms with van der Waals surface area (Å²) in [5, 5.41) is 0. The van der Waals surface area contributed by atoms with Crippen LogP contribution in [0.1, 0.15) is 47.2 Å². The Bertz CT molecular complexity index is 3450. The van der Waals surface area contributed by atoms with E-state index < -0.39 is 5.41 Å². The van der Waals surface area contributed by atoms with Gasteiger partial charge in [0.25, 0.3) is 0 Å². The van der Waals surface area contributed by atoms with Crippen molar-refractivity contribution in [2.75, 3.05) is 9.80 Å². The van der Waals surface area contributed by atoms with Crippen LogP contribution in [0.2, 0.25) is 0 Å². The van der Waals surface area contributed by atoms with Gasteiger partial charge in [0, 0.05) is 28.2 Å². The molecular formula is C64H46N2. The third-order valence-corrected chi connectivity index (χ3v) is 14.7. The molecule has 0 bridgehead atoms. The number of hydrogen-bond donors (Lipinski definition) is 0. The minimum Gasteiger partial charge on any atom is -0.310 e. The van der Waals surface area contributed by atoms with Crippen molar-refractivity contribution < 1.29 is 0 Å². The molecule has 0 fully saturated rings. The highest BCUT2D eigenvalue weighted by molar-refractivity contribution is 5.97. The number of para-hydroxylation sites is 3. The molecule has 1 spiro atoms. The Kier molecular flexibility index (Phi) is 8.51. The van der Waals surface area contributed by atoms with Crippen molar-refractivity contribution in [3.63, 3.8) is 0 Å². The topological polar surface area (TPSA) is 6.48 Å². The predicted octanol–water partition coefficient (Wildman–Crippen LogP) is 16.9. The van der Waals surface area contributed by atoms with Crippen LogP contribution in [0.15, 0.2) is 243 Å². The summed E-state index contributed by atoms with van der Waals surface area (Å²) in [5.41, 5.74) is 24.1. The first-order chi connectivity index (χ1) is 32.5. The van der Waals surface area contributed by atoms with E-state index in [1.165, 1.54) is 89.3 Å². The zero-order valence-electron chi connectivity index (χ0n) is 37.0. The normalized spacial score (nSPS) is 14.1. The molecule has 1 heterocycles. The van der Waals surface area contributed by atoms with Crippen LogP contribution in [0.25, 0.3) is 44.5 Å². The Balaban J connectivity index is 1.02. The third kappa shape index (κ3) is 5.55. The SMILES string of the molecule is CC1(C)c2cc(-c3ccccc3)ccc2-c2ccc(N(c3ccc(-c4ccccc4)cc3)c3ccc4c(c3)C3(c5ccccc5-4)c4ccccc4N(c4ccccc4)c4ccccc43)cc21. The molecule has 0 N–H and O–H groups in total. The first-order valence-corrected chi connectivity index (χ1v) is 23.1. The van der Waals surface area contributed by atoms with E-state index in [9.17, 15) is 0 Å². The molecule has 66 heavy (non-hydrogen) atoms. The summed E-state index contributed by atoms with van der Waals surface area (Å²) in [6, 6.07) is 90.1. The first-order valence-electron chi connectivity index (χ1n) is 23.1. The van der Waals surface area contributed by atoms with Crippen molar-refractivity contribution in [3.05, 3.63) is 276 Å². The third-order valence-electron chi connectivity index (χ3n) is 14.7. The maximum Gasteiger partial charge on any atom is 0.0755 e. The van der Waals surface area contributed by atoms with E-state index in [4.69, 9.17) is 0 Å². The number of rotatable bonds is 6. The molecular weight excluding hydrogens is 797 g/mol. The Morgan fingerprint density at radius 1 is 0.303 bits per heavy atom. The molecule has 10 aromatic rings. The number of anilines is 6. The zero-order valence-corrected chi connectivity index (χ0v) is 37.0. The number of hydrogen-bond acceptors (Lipinski definition) is 2. The maximum atomic E-state index is 2.51. The van der Waals surface area contributed by atoms with Crippen molar-refractivity contribution >= 4 is 34.1 Å². The molecule has 2 heteroatoms. The fourth-order valence-electron chi connectivity index (χ4n) is 11.6. The van der Waals surface area contributed by atoms with Gasteiger partial charge in [-0.25, -0.2) is 0 Å². The van der Waals surface area contributed by atoms with Gasteiger partial charge >= 0.3 is 0 Å². The van der Waals surface area contributed by atoms with Crippen molar-refractivity contribution in [3.8, 4) is 44.5 Å². The summed E-state index contributed by atoms with van der Waals surface area (Å²) in [7, 11) is 0. The highest BCUT2D eigenvalue weighted by atomic mass is 15.2. The largest absolute Gasteiger partial charge is 0.310 e. The number of fused-ring (bicyclic) bond motifs is 12. The van der Waals surface area contributed by atoms with E-state index in [1.54, 1.807) is 0 Å². The van der Waals surface area contributed by atoms with E-state index in [2.05, 4.69) is 266 Å². The average molecular weight is 843 g/mol. The molecule has 0 radical (unpaired) electrons. The van der Waals surface area contributed by atoms with Gasteiger partial charge in [0.2, 0.25) is 0 Å². The Hall–Kier alpha value is -8.20. The average Bonchev–Trinajstić information content (AvgIpc) is 3.79. The number of nitrogens with zero attached hydrogens (tertiary/aromatic N) is 2. The minimum absolute atomic E-state index is 0.210. The summed E-state index contributed by atoms with van der Waals surface area (Å²) >= 11 is 0. The van der Waals surface area contributed by atoms with E-state index >= 15 is 0 Å². The van der Waals surface area contributed by atoms with Gasteiger partial charge in [-0.3, -0.25) is 0 Å². The Morgan fingerprint density at radius 2 is 0.712 bits per heavy atom. The van der Waals surface area contributed by atoms with E-state index in [1.807, 2.05) is 0 Å². The lowest BCUT2D eigenvalue weighted by Gasteiger charge is -2.45. The summed E-state index contributed by atoms with van der Waals surface area (Å²) in [5.74, 6) is 0. The van der Waals surface area contributed by atoms with Crippen LogP contribution in [0.5, 0.6) is 0 Å².